The van der Waals surface area contributed by atoms with E-state index in [9.17, 15) is 0 Å². The van der Waals surface area contributed by atoms with Crippen molar-refractivity contribution in [3.05, 3.63) is 0 Å². The van der Waals surface area contributed by atoms with Crippen LogP contribution in [0.2, 0.25) is 0 Å². The molecule has 3 saturated carbocycles. The molecule has 0 aromatic rings. The summed E-state index contributed by atoms with van der Waals surface area (Å²) in [5.74, 6) is 2.07. The highest BCUT2D eigenvalue weighted by Gasteiger charge is 2.38. The zero-order valence-electron chi connectivity index (χ0n) is 6.68. The highest BCUT2D eigenvalue weighted by atomic mass is 16.5. The highest BCUT2D eigenvalue weighted by Crippen LogP contribution is 2.46. The van der Waals surface area contributed by atoms with Crippen molar-refractivity contribution in [2.45, 2.75) is 38.7 Å². The molecule has 0 unspecified atom stereocenters. The SMILES string of the molecule is CCOC1CC2CC(C2)C1. The lowest BCUT2D eigenvalue weighted by atomic mass is 9.64. The Morgan fingerprint density at radius 2 is 1.70 bits per heavy atom. The normalized spacial score (nSPS) is 44.7. The molecule has 2 bridgehead atoms. The van der Waals surface area contributed by atoms with Crippen LogP contribution in [0, 0.1) is 11.8 Å². The van der Waals surface area contributed by atoms with Gasteiger partial charge in [-0.25, -0.2) is 0 Å². The van der Waals surface area contributed by atoms with Crippen molar-refractivity contribution in [2.24, 2.45) is 11.8 Å². The van der Waals surface area contributed by atoms with Gasteiger partial charge in [0.1, 0.15) is 0 Å². The summed E-state index contributed by atoms with van der Waals surface area (Å²) in [5, 5.41) is 0. The summed E-state index contributed by atoms with van der Waals surface area (Å²) in [6.07, 6.45) is 6.34. The quantitative estimate of drug-likeness (QED) is 0.571. The Bertz CT molecular complexity index is 106. The Hall–Kier alpha value is -0.0400. The maximum absolute atomic E-state index is 5.58. The van der Waals surface area contributed by atoms with Crippen LogP contribution in [0.4, 0.5) is 0 Å². The number of fused-ring (bicyclic) bond motifs is 2. The topological polar surface area (TPSA) is 9.23 Å². The van der Waals surface area contributed by atoms with E-state index in [4.69, 9.17) is 4.74 Å². The van der Waals surface area contributed by atoms with Crippen molar-refractivity contribution < 1.29 is 4.74 Å². The van der Waals surface area contributed by atoms with E-state index >= 15 is 0 Å². The molecule has 0 aliphatic heterocycles. The first-order valence-corrected chi connectivity index (χ1v) is 4.50. The number of ether oxygens (including phenoxy) is 1. The van der Waals surface area contributed by atoms with Gasteiger partial charge in [0.15, 0.2) is 0 Å². The Morgan fingerprint density at radius 1 is 1.10 bits per heavy atom. The van der Waals surface area contributed by atoms with Gasteiger partial charge >= 0.3 is 0 Å². The Kier molecular flexibility index (Phi) is 1.69. The fourth-order valence-electron chi connectivity index (χ4n) is 2.47. The lowest BCUT2D eigenvalue weighted by Gasteiger charge is -2.44. The zero-order chi connectivity index (χ0) is 6.97. The van der Waals surface area contributed by atoms with E-state index in [1.54, 1.807) is 0 Å². The van der Waals surface area contributed by atoms with Crippen LogP contribution in [0.25, 0.3) is 0 Å². The molecule has 0 spiro atoms. The van der Waals surface area contributed by atoms with Crippen LogP contribution < -0.4 is 0 Å². The first-order valence-electron chi connectivity index (χ1n) is 4.50. The second kappa shape index (κ2) is 2.54. The Labute approximate surface area is 62.8 Å². The summed E-state index contributed by atoms with van der Waals surface area (Å²) in [6.45, 7) is 3.00. The average Bonchev–Trinajstić information content (AvgIpc) is 1.87. The summed E-state index contributed by atoms with van der Waals surface area (Å²) >= 11 is 0. The van der Waals surface area contributed by atoms with Crippen molar-refractivity contribution in [2.75, 3.05) is 6.61 Å². The Morgan fingerprint density at radius 3 is 2.20 bits per heavy atom. The van der Waals surface area contributed by atoms with Crippen LogP contribution in [0.5, 0.6) is 0 Å². The van der Waals surface area contributed by atoms with Gasteiger partial charge in [-0.2, -0.15) is 0 Å². The van der Waals surface area contributed by atoms with Crippen molar-refractivity contribution in [3.63, 3.8) is 0 Å². The monoisotopic (exact) mass is 140 g/mol. The zero-order valence-corrected chi connectivity index (χ0v) is 6.68. The van der Waals surface area contributed by atoms with E-state index in [-0.39, 0.29) is 0 Å². The maximum Gasteiger partial charge on any atom is 0.0580 e. The minimum Gasteiger partial charge on any atom is -0.378 e. The number of rotatable bonds is 2. The molecule has 0 saturated heterocycles. The van der Waals surface area contributed by atoms with Crippen LogP contribution >= 0.6 is 0 Å². The van der Waals surface area contributed by atoms with Gasteiger partial charge in [-0.15, -0.1) is 0 Å². The summed E-state index contributed by atoms with van der Waals surface area (Å²) in [7, 11) is 0. The molecule has 0 amide bonds. The first kappa shape index (κ1) is 6.66. The molecule has 3 aliphatic carbocycles. The molecule has 0 N–H and O–H groups in total. The molecule has 0 radical (unpaired) electrons. The van der Waals surface area contributed by atoms with Gasteiger partial charge in [-0.1, -0.05) is 0 Å². The number of hydrogen-bond acceptors (Lipinski definition) is 1. The van der Waals surface area contributed by atoms with Gasteiger partial charge in [-0.05, 0) is 44.4 Å². The van der Waals surface area contributed by atoms with E-state index < -0.39 is 0 Å². The average molecular weight is 140 g/mol. The van der Waals surface area contributed by atoms with Crippen molar-refractivity contribution in [1.29, 1.82) is 0 Å². The van der Waals surface area contributed by atoms with Crippen molar-refractivity contribution in [1.82, 2.24) is 0 Å². The predicted octanol–water partition coefficient (Wildman–Crippen LogP) is 2.21. The minimum absolute atomic E-state index is 0.627. The molecule has 1 heteroatoms. The van der Waals surface area contributed by atoms with Crippen molar-refractivity contribution >= 4 is 0 Å². The summed E-state index contributed by atoms with van der Waals surface area (Å²) in [6, 6.07) is 0. The van der Waals surface area contributed by atoms with Crippen LogP contribution in [0.3, 0.4) is 0 Å². The first-order chi connectivity index (χ1) is 4.88. The fourth-order valence-corrected chi connectivity index (χ4v) is 2.47. The van der Waals surface area contributed by atoms with Gasteiger partial charge in [0.2, 0.25) is 0 Å². The molecule has 0 heterocycles. The highest BCUT2D eigenvalue weighted by molar-refractivity contribution is 4.89. The second-order valence-corrected chi connectivity index (χ2v) is 3.75. The molecule has 3 rings (SSSR count). The van der Waals surface area contributed by atoms with E-state index in [0.717, 1.165) is 18.4 Å². The molecule has 0 aromatic heterocycles. The molecular weight excluding hydrogens is 124 g/mol. The largest absolute Gasteiger partial charge is 0.378 e. The minimum atomic E-state index is 0.627. The van der Waals surface area contributed by atoms with Crippen LogP contribution in [0.1, 0.15) is 32.6 Å². The fraction of sp³-hybridized carbons (Fsp3) is 1.00. The third-order valence-electron chi connectivity index (χ3n) is 2.93. The summed E-state index contributed by atoms with van der Waals surface area (Å²) in [4.78, 5) is 0. The molecule has 0 aromatic carbocycles. The van der Waals surface area contributed by atoms with Crippen molar-refractivity contribution in [3.8, 4) is 0 Å². The molecule has 10 heavy (non-hydrogen) atoms. The maximum atomic E-state index is 5.58. The van der Waals surface area contributed by atoms with Crippen LogP contribution in [-0.2, 0) is 4.74 Å². The van der Waals surface area contributed by atoms with Crippen LogP contribution in [-0.4, -0.2) is 12.7 Å². The standard InChI is InChI=1S/C9H16O/c1-2-10-9-5-7-3-8(4-7)6-9/h7-9H,2-6H2,1H3. The Balaban J connectivity index is 1.80. The summed E-state index contributed by atoms with van der Waals surface area (Å²) < 4.78 is 5.58. The molecule has 58 valence electrons. The van der Waals surface area contributed by atoms with E-state index in [2.05, 4.69) is 6.92 Å². The third-order valence-corrected chi connectivity index (χ3v) is 2.93. The second-order valence-electron chi connectivity index (χ2n) is 3.75. The predicted molar refractivity (Wildman–Crippen MR) is 40.9 cm³/mol. The van der Waals surface area contributed by atoms with Gasteiger partial charge in [-0.3, -0.25) is 0 Å². The molecule has 3 fully saturated rings. The van der Waals surface area contributed by atoms with Gasteiger partial charge < -0.3 is 4.74 Å². The lowest BCUT2D eigenvalue weighted by molar-refractivity contribution is -0.0447. The van der Waals surface area contributed by atoms with Crippen LogP contribution in [0.15, 0.2) is 0 Å². The molecule has 0 atom stereocenters. The van der Waals surface area contributed by atoms with Gasteiger partial charge in [0.25, 0.3) is 0 Å². The molecule has 1 nitrogen and oxygen atoms in total. The van der Waals surface area contributed by atoms with E-state index in [0.29, 0.717) is 6.10 Å². The lowest BCUT2D eigenvalue weighted by Crippen LogP contribution is -2.37. The molecule has 3 aliphatic rings. The van der Waals surface area contributed by atoms with Gasteiger partial charge in [0.05, 0.1) is 6.10 Å². The van der Waals surface area contributed by atoms with E-state index in [1.807, 2.05) is 0 Å². The molecular formula is C9H16O. The third kappa shape index (κ3) is 1.07. The smallest absolute Gasteiger partial charge is 0.0580 e. The summed E-state index contributed by atoms with van der Waals surface area (Å²) in [5.41, 5.74) is 0. The van der Waals surface area contributed by atoms with Gasteiger partial charge in [0, 0.05) is 6.61 Å². The van der Waals surface area contributed by atoms with E-state index in [1.165, 1.54) is 25.7 Å². The number of hydrogen-bond donors (Lipinski definition) is 0.